The molecule has 2 N–H and O–H groups in total. The number of carbonyl (C=O) groups is 2. The molecule has 0 bridgehead atoms. The van der Waals surface area contributed by atoms with E-state index in [2.05, 4.69) is 46.6 Å². The standard InChI is InChI=1S/C29H26FN5O2S4/c1-29(2,3)19-8-6-18(7-9-19)25(37)31-21-12-13-22-23(14-21)40-27(32-22)39-16-24(36)33-26-34-35-28(41-26)38-15-17-4-10-20(30)11-5-17/h4-14H,15-16H2,1-3H3,(H,31,37)(H,33,34,36). The average Bonchev–Trinajstić information content (AvgIpc) is 3.57. The second-order valence-electron chi connectivity index (χ2n) is 10.1. The SMILES string of the molecule is CC(C)(C)c1ccc(C(=O)Nc2ccc3nc(SCC(=O)Nc4nnc(SCc5ccc(F)cc5)s4)sc3c2)cc1. The highest BCUT2D eigenvalue weighted by Crippen LogP contribution is 2.32. The monoisotopic (exact) mass is 623 g/mol. The zero-order valence-electron chi connectivity index (χ0n) is 22.4. The van der Waals surface area contributed by atoms with Crippen molar-refractivity contribution in [3.63, 3.8) is 0 Å². The summed E-state index contributed by atoms with van der Waals surface area (Å²) in [6, 6.07) is 19.6. The Morgan fingerprint density at radius 1 is 0.878 bits per heavy atom. The van der Waals surface area contributed by atoms with E-state index in [1.807, 2.05) is 42.5 Å². The summed E-state index contributed by atoms with van der Waals surface area (Å²) >= 11 is 5.57. The number of nitrogens with one attached hydrogen (secondary N) is 2. The number of hydrogen-bond donors (Lipinski definition) is 2. The molecule has 0 unspecified atom stereocenters. The highest BCUT2D eigenvalue weighted by molar-refractivity contribution is 8.01. The van der Waals surface area contributed by atoms with Crippen LogP contribution in [0.25, 0.3) is 10.2 Å². The lowest BCUT2D eigenvalue weighted by Gasteiger charge is -2.19. The van der Waals surface area contributed by atoms with Crippen LogP contribution in [0.1, 0.15) is 42.3 Å². The van der Waals surface area contributed by atoms with Crippen LogP contribution in [0, 0.1) is 5.82 Å². The van der Waals surface area contributed by atoms with E-state index in [9.17, 15) is 14.0 Å². The number of thiazole rings is 1. The van der Waals surface area contributed by atoms with Crippen molar-refractivity contribution in [2.24, 2.45) is 0 Å². The van der Waals surface area contributed by atoms with Gasteiger partial charge in [-0.25, -0.2) is 9.37 Å². The van der Waals surface area contributed by atoms with Crippen molar-refractivity contribution < 1.29 is 14.0 Å². The summed E-state index contributed by atoms with van der Waals surface area (Å²) in [4.78, 5) is 29.9. The van der Waals surface area contributed by atoms with Gasteiger partial charge >= 0.3 is 0 Å². The first-order valence-corrected chi connectivity index (χ1v) is 16.2. The van der Waals surface area contributed by atoms with Gasteiger partial charge in [0.2, 0.25) is 11.0 Å². The molecule has 0 saturated heterocycles. The smallest absolute Gasteiger partial charge is 0.255 e. The van der Waals surface area contributed by atoms with Crippen molar-refractivity contribution in [1.29, 1.82) is 0 Å². The summed E-state index contributed by atoms with van der Waals surface area (Å²) < 4.78 is 15.4. The summed E-state index contributed by atoms with van der Waals surface area (Å²) in [6.07, 6.45) is 0. The summed E-state index contributed by atoms with van der Waals surface area (Å²) in [5.41, 5.74) is 4.26. The van der Waals surface area contributed by atoms with Crippen molar-refractivity contribution in [3.05, 3.63) is 89.2 Å². The first-order chi connectivity index (χ1) is 19.6. The lowest BCUT2D eigenvalue weighted by molar-refractivity contribution is -0.113. The highest BCUT2D eigenvalue weighted by atomic mass is 32.2. The minimum Gasteiger partial charge on any atom is -0.322 e. The van der Waals surface area contributed by atoms with Gasteiger partial charge in [-0.05, 0) is 59.0 Å². The van der Waals surface area contributed by atoms with E-state index < -0.39 is 0 Å². The summed E-state index contributed by atoms with van der Waals surface area (Å²) in [7, 11) is 0. The molecule has 7 nitrogen and oxygen atoms in total. The number of anilines is 2. The zero-order valence-corrected chi connectivity index (χ0v) is 25.7. The van der Waals surface area contributed by atoms with Crippen molar-refractivity contribution >= 4 is 79.0 Å². The predicted molar refractivity (Wildman–Crippen MR) is 168 cm³/mol. The second-order valence-corrected chi connectivity index (χ2v) is 14.5. The largest absolute Gasteiger partial charge is 0.322 e. The van der Waals surface area contributed by atoms with E-state index >= 15 is 0 Å². The number of benzene rings is 3. The Morgan fingerprint density at radius 3 is 2.37 bits per heavy atom. The number of carbonyl (C=O) groups excluding carboxylic acids is 2. The molecule has 0 radical (unpaired) electrons. The molecule has 2 aromatic heterocycles. The lowest BCUT2D eigenvalue weighted by Crippen LogP contribution is -2.14. The number of fused-ring (bicyclic) bond motifs is 1. The molecule has 210 valence electrons. The van der Waals surface area contributed by atoms with Gasteiger partial charge in [0.25, 0.3) is 5.91 Å². The van der Waals surface area contributed by atoms with Crippen molar-refractivity contribution in [3.8, 4) is 0 Å². The fraction of sp³-hybridized carbons (Fsp3) is 0.207. The van der Waals surface area contributed by atoms with Crippen molar-refractivity contribution in [2.75, 3.05) is 16.4 Å². The molecule has 0 atom stereocenters. The molecule has 0 saturated carbocycles. The molecule has 12 heteroatoms. The van der Waals surface area contributed by atoms with Gasteiger partial charge in [-0.15, -0.1) is 21.5 Å². The number of aromatic nitrogens is 3. The summed E-state index contributed by atoms with van der Waals surface area (Å²) in [6.45, 7) is 6.41. The summed E-state index contributed by atoms with van der Waals surface area (Å²) in [5.74, 6) is 0.160. The molecule has 0 aliphatic carbocycles. The first-order valence-electron chi connectivity index (χ1n) is 12.6. The number of hydrogen-bond acceptors (Lipinski definition) is 9. The second kappa shape index (κ2) is 12.7. The predicted octanol–water partition coefficient (Wildman–Crippen LogP) is 7.86. The molecule has 0 spiro atoms. The van der Waals surface area contributed by atoms with Gasteiger partial charge in [-0.2, -0.15) is 0 Å². The van der Waals surface area contributed by atoms with Gasteiger partial charge in [0.15, 0.2) is 8.68 Å². The topological polar surface area (TPSA) is 96.9 Å². The number of nitrogens with zero attached hydrogens (tertiary/aromatic N) is 3. The molecule has 0 aliphatic heterocycles. The zero-order chi connectivity index (χ0) is 29.0. The van der Waals surface area contributed by atoms with Gasteiger partial charge in [0.05, 0.1) is 16.0 Å². The Bertz CT molecular complexity index is 1680. The Balaban J connectivity index is 1.12. The molecule has 0 fully saturated rings. The summed E-state index contributed by atoms with van der Waals surface area (Å²) in [5, 5.41) is 14.3. The maximum atomic E-state index is 13.1. The molecule has 3 aromatic carbocycles. The third-order valence-corrected chi connectivity index (χ3v) is 10.1. The van der Waals surface area contributed by atoms with Crippen molar-refractivity contribution in [1.82, 2.24) is 15.2 Å². The van der Waals surface area contributed by atoms with Crippen LogP contribution in [0.5, 0.6) is 0 Å². The van der Waals surface area contributed by atoms with Crippen LogP contribution in [0.3, 0.4) is 0 Å². The van der Waals surface area contributed by atoms with E-state index in [4.69, 9.17) is 0 Å². The van der Waals surface area contributed by atoms with E-state index in [1.165, 1.54) is 63.9 Å². The quantitative estimate of drug-likeness (QED) is 0.127. The third-order valence-electron chi connectivity index (χ3n) is 5.89. The van der Waals surface area contributed by atoms with E-state index in [0.717, 1.165) is 20.1 Å². The van der Waals surface area contributed by atoms with Gasteiger partial charge in [0.1, 0.15) is 5.82 Å². The molecule has 5 aromatic rings. The fourth-order valence-electron chi connectivity index (χ4n) is 3.69. The Morgan fingerprint density at radius 2 is 1.63 bits per heavy atom. The van der Waals surface area contributed by atoms with Crippen LogP contribution in [-0.4, -0.2) is 32.7 Å². The maximum Gasteiger partial charge on any atom is 0.255 e. The van der Waals surface area contributed by atoms with Crippen LogP contribution < -0.4 is 10.6 Å². The highest BCUT2D eigenvalue weighted by Gasteiger charge is 2.15. The van der Waals surface area contributed by atoms with Gasteiger partial charge in [-0.1, -0.05) is 79.9 Å². The molecule has 0 aliphatic rings. The molecular formula is C29H26FN5O2S4. The van der Waals surface area contributed by atoms with Gasteiger partial charge in [0, 0.05) is 17.0 Å². The third kappa shape index (κ3) is 7.91. The van der Waals surface area contributed by atoms with E-state index in [-0.39, 0.29) is 28.8 Å². The van der Waals surface area contributed by atoms with Crippen LogP contribution in [0.15, 0.2) is 75.4 Å². The number of halogens is 1. The lowest BCUT2D eigenvalue weighted by atomic mass is 9.87. The van der Waals surface area contributed by atoms with Crippen LogP contribution in [0.2, 0.25) is 0 Å². The van der Waals surface area contributed by atoms with Crippen LogP contribution in [-0.2, 0) is 16.0 Å². The van der Waals surface area contributed by atoms with Crippen molar-refractivity contribution in [2.45, 2.75) is 40.6 Å². The van der Waals surface area contributed by atoms with Gasteiger partial charge < -0.3 is 5.32 Å². The van der Waals surface area contributed by atoms with Gasteiger partial charge in [-0.3, -0.25) is 14.9 Å². The Hall–Kier alpha value is -3.32. The minimum absolute atomic E-state index is 0.0243. The number of amides is 2. The Kier molecular flexibility index (Phi) is 9.03. The first kappa shape index (κ1) is 29.2. The number of thioether (sulfide) groups is 2. The molecule has 2 heterocycles. The molecular weight excluding hydrogens is 598 g/mol. The molecule has 41 heavy (non-hydrogen) atoms. The molecule has 2 amide bonds. The number of rotatable bonds is 9. The maximum absolute atomic E-state index is 13.1. The van der Waals surface area contributed by atoms with Crippen LogP contribution in [0.4, 0.5) is 15.2 Å². The normalized spacial score (nSPS) is 11.5. The molecule has 5 rings (SSSR count). The average molecular weight is 624 g/mol. The van der Waals surface area contributed by atoms with Crippen LogP contribution >= 0.6 is 46.2 Å². The van der Waals surface area contributed by atoms with E-state index in [1.54, 1.807) is 12.1 Å². The van der Waals surface area contributed by atoms with E-state index in [0.29, 0.717) is 26.5 Å². The Labute approximate surface area is 253 Å². The fourth-order valence-corrected chi connectivity index (χ4v) is 7.33. The minimum atomic E-state index is -0.268.